The van der Waals surface area contributed by atoms with Crippen LogP contribution >= 0.6 is 0 Å². The monoisotopic (exact) mass is 321 g/mol. The first-order chi connectivity index (χ1) is 10.8. The lowest BCUT2D eigenvalue weighted by atomic mass is 9.88. The molecule has 2 amide bonds. The standard InChI is InChI=1S/C16H24N4O3/c1-20(2,3)15-10-5-4-9-14(15)18-16(21)17-12-7-6-8-13(11-12)19(22)23/h6-8,11,14-15H,4-5,9-10H2,1-3H3,(H-,17,18,21)/p+1/t14-,15-/m0/s1. The molecule has 1 fully saturated rings. The van der Waals surface area contributed by atoms with Gasteiger partial charge in [-0.25, -0.2) is 4.79 Å². The molecule has 0 aromatic heterocycles. The zero-order valence-corrected chi connectivity index (χ0v) is 13.9. The molecule has 0 spiro atoms. The van der Waals surface area contributed by atoms with Crippen LogP contribution in [0.25, 0.3) is 0 Å². The van der Waals surface area contributed by atoms with Crippen molar-refractivity contribution in [1.29, 1.82) is 0 Å². The smallest absolute Gasteiger partial charge is 0.319 e. The molecule has 7 nitrogen and oxygen atoms in total. The molecule has 2 atom stereocenters. The Morgan fingerprint density at radius 1 is 1.26 bits per heavy atom. The molecule has 126 valence electrons. The van der Waals surface area contributed by atoms with Crippen LogP contribution < -0.4 is 10.6 Å². The maximum atomic E-state index is 12.2. The van der Waals surface area contributed by atoms with Crippen molar-refractivity contribution in [2.24, 2.45) is 0 Å². The van der Waals surface area contributed by atoms with Crippen LogP contribution in [0.3, 0.4) is 0 Å². The summed E-state index contributed by atoms with van der Waals surface area (Å²) in [5, 5.41) is 16.5. The normalized spacial score (nSPS) is 21.5. The van der Waals surface area contributed by atoms with Gasteiger partial charge in [-0.05, 0) is 18.9 Å². The number of nitro groups is 1. The summed E-state index contributed by atoms with van der Waals surface area (Å²) in [6.45, 7) is 0. The average molecular weight is 321 g/mol. The molecule has 0 unspecified atom stereocenters. The van der Waals surface area contributed by atoms with E-state index in [1.165, 1.54) is 18.6 Å². The molecule has 0 aliphatic heterocycles. The number of carbonyl (C=O) groups is 1. The second-order valence-electron chi connectivity index (χ2n) is 6.98. The highest BCUT2D eigenvalue weighted by Gasteiger charge is 2.35. The Bertz CT molecular complexity index is 583. The Hall–Kier alpha value is -2.15. The molecule has 2 rings (SSSR count). The van der Waals surface area contributed by atoms with E-state index in [1.807, 2.05) is 0 Å². The summed E-state index contributed by atoms with van der Waals surface area (Å²) in [7, 11) is 6.43. The van der Waals surface area contributed by atoms with E-state index in [2.05, 4.69) is 31.8 Å². The fourth-order valence-corrected chi connectivity index (χ4v) is 3.24. The summed E-state index contributed by atoms with van der Waals surface area (Å²) in [4.78, 5) is 22.5. The lowest BCUT2D eigenvalue weighted by Gasteiger charge is -2.41. The topological polar surface area (TPSA) is 84.3 Å². The first-order valence-electron chi connectivity index (χ1n) is 7.90. The minimum atomic E-state index is -0.475. The Labute approximate surface area is 136 Å². The van der Waals surface area contributed by atoms with E-state index in [9.17, 15) is 14.9 Å². The molecule has 0 heterocycles. The van der Waals surface area contributed by atoms with Gasteiger partial charge in [-0.3, -0.25) is 10.1 Å². The number of nitrogens with one attached hydrogen (secondary N) is 2. The van der Waals surface area contributed by atoms with E-state index in [4.69, 9.17) is 0 Å². The van der Waals surface area contributed by atoms with Gasteiger partial charge in [0.1, 0.15) is 6.04 Å². The van der Waals surface area contributed by atoms with Gasteiger partial charge in [-0.2, -0.15) is 0 Å². The third kappa shape index (κ3) is 4.66. The van der Waals surface area contributed by atoms with Crippen LogP contribution in [-0.2, 0) is 0 Å². The van der Waals surface area contributed by atoms with Crippen molar-refractivity contribution in [2.45, 2.75) is 37.8 Å². The maximum Gasteiger partial charge on any atom is 0.319 e. The third-order valence-electron chi connectivity index (χ3n) is 4.36. The molecule has 0 bridgehead atoms. The molecule has 0 saturated heterocycles. The summed E-state index contributed by atoms with van der Waals surface area (Å²) in [6.07, 6.45) is 4.34. The van der Waals surface area contributed by atoms with Crippen LogP contribution in [-0.4, -0.2) is 48.7 Å². The Kier molecular flexibility index (Phi) is 5.20. The molecule has 1 aromatic rings. The molecule has 2 N–H and O–H groups in total. The van der Waals surface area contributed by atoms with Crippen molar-refractivity contribution >= 4 is 17.4 Å². The van der Waals surface area contributed by atoms with Crippen molar-refractivity contribution in [3.8, 4) is 0 Å². The van der Waals surface area contributed by atoms with Crippen molar-refractivity contribution < 1.29 is 14.2 Å². The molecule has 1 saturated carbocycles. The predicted molar refractivity (Wildman–Crippen MR) is 89.3 cm³/mol. The van der Waals surface area contributed by atoms with Gasteiger partial charge in [-0.15, -0.1) is 0 Å². The van der Waals surface area contributed by atoms with E-state index >= 15 is 0 Å². The lowest BCUT2D eigenvalue weighted by molar-refractivity contribution is -0.898. The highest BCUT2D eigenvalue weighted by molar-refractivity contribution is 5.89. The first-order valence-corrected chi connectivity index (χ1v) is 7.90. The van der Waals surface area contributed by atoms with Crippen LogP contribution in [0.2, 0.25) is 0 Å². The molecule has 7 heteroatoms. The first kappa shape index (κ1) is 17.2. The van der Waals surface area contributed by atoms with Gasteiger partial charge < -0.3 is 15.1 Å². The van der Waals surface area contributed by atoms with Crippen LogP contribution in [0.1, 0.15) is 25.7 Å². The quantitative estimate of drug-likeness (QED) is 0.508. The fourth-order valence-electron chi connectivity index (χ4n) is 3.24. The number of urea groups is 1. The number of carbonyl (C=O) groups excluding carboxylic acids is 1. The van der Waals surface area contributed by atoms with Gasteiger partial charge in [0, 0.05) is 24.2 Å². The lowest BCUT2D eigenvalue weighted by Crippen LogP contribution is -2.59. The van der Waals surface area contributed by atoms with Crippen molar-refractivity contribution in [2.75, 3.05) is 26.5 Å². The number of quaternary nitrogens is 1. The summed E-state index contributed by atoms with van der Waals surface area (Å²) in [5.41, 5.74) is 0.388. The van der Waals surface area contributed by atoms with Crippen LogP contribution in [0.15, 0.2) is 24.3 Å². The predicted octanol–water partition coefficient (Wildman–Crippen LogP) is 2.73. The third-order valence-corrected chi connectivity index (χ3v) is 4.36. The van der Waals surface area contributed by atoms with Crippen LogP contribution in [0.4, 0.5) is 16.2 Å². The molecule has 1 aromatic carbocycles. The number of rotatable bonds is 4. The van der Waals surface area contributed by atoms with Gasteiger partial charge >= 0.3 is 6.03 Å². The number of non-ortho nitro benzene ring substituents is 1. The zero-order chi connectivity index (χ0) is 17.0. The number of nitrogens with zero attached hydrogens (tertiary/aromatic N) is 2. The van der Waals surface area contributed by atoms with E-state index in [0.29, 0.717) is 11.7 Å². The number of likely N-dealkylation sites (N-methyl/N-ethyl adjacent to an activating group) is 1. The Morgan fingerprint density at radius 3 is 2.61 bits per heavy atom. The molecular weight excluding hydrogens is 296 g/mol. The van der Waals surface area contributed by atoms with E-state index < -0.39 is 4.92 Å². The van der Waals surface area contributed by atoms with Crippen molar-refractivity contribution in [1.82, 2.24) is 5.32 Å². The molecule has 0 radical (unpaired) electrons. The minimum absolute atomic E-state index is 0.0373. The summed E-state index contributed by atoms with van der Waals surface area (Å²) in [6, 6.07) is 6.14. The number of amides is 2. The van der Waals surface area contributed by atoms with Crippen molar-refractivity contribution in [3.63, 3.8) is 0 Å². The van der Waals surface area contributed by atoms with E-state index in [0.717, 1.165) is 23.7 Å². The van der Waals surface area contributed by atoms with Crippen LogP contribution in [0, 0.1) is 10.1 Å². The number of hydrogen-bond donors (Lipinski definition) is 2. The number of benzene rings is 1. The summed E-state index contributed by atoms with van der Waals surface area (Å²) < 4.78 is 0.807. The summed E-state index contributed by atoms with van der Waals surface area (Å²) >= 11 is 0. The van der Waals surface area contributed by atoms with Gasteiger partial charge in [-0.1, -0.05) is 12.5 Å². The zero-order valence-electron chi connectivity index (χ0n) is 13.9. The largest absolute Gasteiger partial charge is 0.329 e. The van der Waals surface area contributed by atoms with E-state index in [1.54, 1.807) is 12.1 Å². The van der Waals surface area contributed by atoms with Crippen LogP contribution in [0.5, 0.6) is 0 Å². The maximum absolute atomic E-state index is 12.2. The minimum Gasteiger partial charge on any atom is -0.329 e. The second kappa shape index (κ2) is 6.95. The Morgan fingerprint density at radius 2 is 1.96 bits per heavy atom. The number of nitro benzene ring substituents is 1. The molecular formula is C16H25N4O3+. The van der Waals surface area contributed by atoms with Gasteiger partial charge in [0.2, 0.25) is 0 Å². The molecule has 1 aliphatic rings. The summed E-state index contributed by atoms with van der Waals surface area (Å²) in [5.74, 6) is 0. The van der Waals surface area contributed by atoms with Gasteiger partial charge in [0.05, 0.1) is 32.1 Å². The van der Waals surface area contributed by atoms with Gasteiger partial charge in [0.15, 0.2) is 0 Å². The number of hydrogen-bond acceptors (Lipinski definition) is 3. The Balaban J connectivity index is 2.01. The van der Waals surface area contributed by atoms with Gasteiger partial charge in [0.25, 0.3) is 5.69 Å². The number of anilines is 1. The molecule has 23 heavy (non-hydrogen) atoms. The highest BCUT2D eigenvalue weighted by atomic mass is 16.6. The second-order valence-corrected chi connectivity index (χ2v) is 6.98. The van der Waals surface area contributed by atoms with E-state index in [-0.39, 0.29) is 17.8 Å². The fraction of sp³-hybridized carbons (Fsp3) is 0.562. The molecule has 1 aliphatic carbocycles. The average Bonchev–Trinajstić information content (AvgIpc) is 2.46. The highest BCUT2D eigenvalue weighted by Crippen LogP contribution is 2.25. The van der Waals surface area contributed by atoms with Crippen molar-refractivity contribution in [3.05, 3.63) is 34.4 Å². The SMILES string of the molecule is C[N+](C)(C)[C@H]1CCCC[C@@H]1NC(=O)Nc1cccc([N+](=O)[O-])c1.